The van der Waals surface area contributed by atoms with Crippen molar-refractivity contribution in [2.75, 3.05) is 33.7 Å². The van der Waals surface area contributed by atoms with E-state index in [0.29, 0.717) is 3.57 Å². The van der Waals surface area contributed by atoms with Crippen molar-refractivity contribution in [3.63, 3.8) is 0 Å². The Morgan fingerprint density at radius 3 is 2.68 bits per heavy atom. The highest BCUT2D eigenvalue weighted by atomic mass is 127. The maximum Gasteiger partial charge on any atom is 0.264 e. The van der Waals surface area contributed by atoms with Gasteiger partial charge in [-0.2, -0.15) is 0 Å². The molecule has 1 aliphatic heterocycles. The highest BCUT2D eigenvalue weighted by Gasteiger charge is 2.27. The standard InChI is InChI=1S/C13H21IN4O/c1-8(2)11-10(14)13(19)16-12(15-11)9-7-17(3)5-6-18(9)4/h8-9H,5-7H2,1-4H3,(H,15,16,19). The lowest BCUT2D eigenvalue weighted by Crippen LogP contribution is -2.46. The molecule has 1 fully saturated rings. The number of likely N-dealkylation sites (N-methyl/N-ethyl adjacent to an activating group) is 2. The van der Waals surface area contributed by atoms with Crippen molar-refractivity contribution in [2.24, 2.45) is 0 Å². The number of H-pyrrole nitrogens is 1. The SMILES string of the molecule is CC(C)c1nc(C2CN(C)CCN2C)[nH]c(=O)c1I. The molecule has 1 aromatic rings. The number of hydrogen-bond donors (Lipinski definition) is 1. The highest BCUT2D eigenvalue weighted by Crippen LogP contribution is 2.22. The molecule has 1 atom stereocenters. The smallest absolute Gasteiger partial charge is 0.264 e. The Labute approximate surface area is 127 Å². The van der Waals surface area contributed by atoms with Crippen LogP contribution in [0.5, 0.6) is 0 Å². The molecule has 0 bridgehead atoms. The van der Waals surface area contributed by atoms with Crippen LogP contribution in [0.15, 0.2) is 4.79 Å². The molecule has 106 valence electrons. The van der Waals surface area contributed by atoms with Crippen LogP contribution in [0.4, 0.5) is 0 Å². The van der Waals surface area contributed by atoms with Crippen molar-refractivity contribution in [2.45, 2.75) is 25.8 Å². The number of aromatic amines is 1. The summed E-state index contributed by atoms with van der Waals surface area (Å²) >= 11 is 2.09. The topological polar surface area (TPSA) is 52.2 Å². The summed E-state index contributed by atoms with van der Waals surface area (Å²) in [5.74, 6) is 1.06. The maximum absolute atomic E-state index is 12.1. The minimum absolute atomic E-state index is 0.0177. The summed E-state index contributed by atoms with van der Waals surface area (Å²) in [7, 11) is 4.19. The molecule has 1 N–H and O–H groups in total. The predicted molar refractivity (Wildman–Crippen MR) is 84.5 cm³/mol. The summed E-state index contributed by atoms with van der Waals surface area (Å²) in [4.78, 5) is 24.3. The lowest BCUT2D eigenvalue weighted by atomic mass is 10.1. The fraction of sp³-hybridized carbons (Fsp3) is 0.692. The summed E-state index contributed by atoms with van der Waals surface area (Å²) in [6, 6.07) is 0.168. The van der Waals surface area contributed by atoms with Crippen molar-refractivity contribution >= 4 is 22.6 Å². The van der Waals surface area contributed by atoms with E-state index in [-0.39, 0.29) is 17.5 Å². The van der Waals surface area contributed by atoms with Gasteiger partial charge in [0.15, 0.2) is 0 Å². The van der Waals surface area contributed by atoms with Crippen LogP contribution < -0.4 is 5.56 Å². The monoisotopic (exact) mass is 376 g/mol. The van der Waals surface area contributed by atoms with Gasteiger partial charge in [0.2, 0.25) is 0 Å². The van der Waals surface area contributed by atoms with E-state index in [1.165, 1.54) is 0 Å². The summed E-state index contributed by atoms with van der Waals surface area (Å²) in [5, 5.41) is 0. The van der Waals surface area contributed by atoms with Crippen LogP contribution in [0.25, 0.3) is 0 Å². The molecule has 0 amide bonds. The van der Waals surface area contributed by atoms with E-state index in [9.17, 15) is 4.79 Å². The molecule has 0 aromatic carbocycles. The molecule has 2 heterocycles. The van der Waals surface area contributed by atoms with E-state index in [0.717, 1.165) is 31.2 Å². The van der Waals surface area contributed by atoms with Gasteiger partial charge in [-0.1, -0.05) is 13.8 Å². The van der Waals surface area contributed by atoms with Crippen molar-refractivity contribution < 1.29 is 0 Å². The predicted octanol–water partition coefficient (Wildman–Crippen LogP) is 1.42. The summed E-state index contributed by atoms with van der Waals surface area (Å²) in [6.07, 6.45) is 0. The van der Waals surface area contributed by atoms with Gasteiger partial charge in [-0.25, -0.2) is 4.98 Å². The van der Waals surface area contributed by atoms with Gasteiger partial charge in [0.25, 0.3) is 5.56 Å². The summed E-state index contributed by atoms with van der Waals surface area (Å²) in [5.41, 5.74) is 0.886. The third-order valence-electron chi connectivity index (χ3n) is 3.62. The van der Waals surface area contributed by atoms with Gasteiger partial charge in [-0.05, 0) is 42.6 Å². The second kappa shape index (κ2) is 5.88. The van der Waals surface area contributed by atoms with E-state index in [4.69, 9.17) is 4.98 Å². The van der Waals surface area contributed by atoms with Crippen molar-refractivity contribution in [3.05, 3.63) is 25.4 Å². The van der Waals surface area contributed by atoms with Crippen molar-refractivity contribution in [1.29, 1.82) is 0 Å². The maximum atomic E-state index is 12.1. The Bertz CT molecular complexity index is 514. The molecule has 0 aliphatic carbocycles. The van der Waals surface area contributed by atoms with Crippen LogP contribution in [0.2, 0.25) is 0 Å². The van der Waals surface area contributed by atoms with Crippen molar-refractivity contribution in [3.8, 4) is 0 Å². The average Bonchev–Trinajstić information content (AvgIpc) is 2.35. The second-order valence-electron chi connectivity index (χ2n) is 5.56. The Hall–Kier alpha value is -0.470. The molecule has 5 nitrogen and oxygen atoms in total. The molecule has 1 saturated heterocycles. The summed E-state index contributed by atoms with van der Waals surface area (Å²) < 4.78 is 0.711. The minimum Gasteiger partial charge on any atom is -0.308 e. The number of aromatic nitrogens is 2. The normalized spacial score (nSPS) is 22.1. The van der Waals surface area contributed by atoms with Gasteiger partial charge in [-0.3, -0.25) is 9.69 Å². The van der Waals surface area contributed by atoms with Gasteiger partial charge in [0.1, 0.15) is 5.82 Å². The number of nitrogens with one attached hydrogen (secondary N) is 1. The van der Waals surface area contributed by atoms with Gasteiger partial charge in [0.05, 0.1) is 15.3 Å². The number of piperazine rings is 1. The Kier molecular flexibility index (Phi) is 4.62. The first kappa shape index (κ1) is 14.9. The quantitative estimate of drug-likeness (QED) is 0.794. The van der Waals surface area contributed by atoms with Crippen LogP contribution in [0.3, 0.4) is 0 Å². The van der Waals surface area contributed by atoms with Crippen molar-refractivity contribution in [1.82, 2.24) is 19.8 Å². The number of nitrogens with zero attached hydrogens (tertiary/aromatic N) is 3. The van der Waals surface area contributed by atoms with Crippen LogP contribution >= 0.6 is 22.6 Å². The van der Waals surface area contributed by atoms with E-state index in [1.54, 1.807) is 0 Å². The van der Waals surface area contributed by atoms with Crippen LogP contribution in [-0.4, -0.2) is 53.5 Å². The molecule has 6 heteroatoms. The minimum atomic E-state index is -0.0177. The fourth-order valence-electron chi connectivity index (χ4n) is 2.34. The average molecular weight is 376 g/mol. The van der Waals surface area contributed by atoms with Crippen LogP contribution in [0, 0.1) is 3.57 Å². The van der Waals surface area contributed by atoms with Gasteiger partial charge in [-0.15, -0.1) is 0 Å². The van der Waals surface area contributed by atoms with Gasteiger partial charge < -0.3 is 9.88 Å². The molecular formula is C13H21IN4O. The molecular weight excluding hydrogens is 355 g/mol. The molecule has 0 radical (unpaired) electrons. The first-order chi connectivity index (χ1) is 8.90. The molecule has 1 aromatic heterocycles. The first-order valence-corrected chi connectivity index (χ1v) is 7.66. The second-order valence-corrected chi connectivity index (χ2v) is 6.64. The zero-order chi connectivity index (χ0) is 14.2. The fourth-order valence-corrected chi connectivity index (χ4v) is 3.22. The Morgan fingerprint density at radius 1 is 1.37 bits per heavy atom. The van der Waals surface area contributed by atoms with E-state index < -0.39 is 0 Å². The number of rotatable bonds is 2. The molecule has 1 unspecified atom stereocenters. The lowest BCUT2D eigenvalue weighted by Gasteiger charge is -2.37. The Morgan fingerprint density at radius 2 is 2.05 bits per heavy atom. The van der Waals surface area contributed by atoms with Crippen LogP contribution in [0.1, 0.15) is 37.3 Å². The van der Waals surface area contributed by atoms with E-state index >= 15 is 0 Å². The third-order valence-corrected chi connectivity index (χ3v) is 4.66. The highest BCUT2D eigenvalue weighted by molar-refractivity contribution is 14.1. The summed E-state index contributed by atoms with van der Waals surface area (Å²) in [6.45, 7) is 7.10. The van der Waals surface area contributed by atoms with E-state index in [2.05, 4.69) is 65.3 Å². The molecule has 0 saturated carbocycles. The molecule has 2 rings (SSSR count). The third kappa shape index (κ3) is 3.17. The number of hydrogen-bond acceptors (Lipinski definition) is 4. The molecule has 19 heavy (non-hydrogen) atoms. The largest absolute Gasteiger partial charge is 0.308 e. The molecule has 1 aliphatic rings. The van der Waals surface area contributed by atoms with Crippen LogP contribution in [-0.2, 0) is 0 Å². The lowest BCUT2D eigenvalue weighted by molar-refractivity contribution is 0.109. The zero-order valence-electron chi connectivity index (χ0n) is 11.9. The zero-order valence-corrected chi connectivity index (χ0v) is 14.1. The first-order valence-electron chi connectivity index (χ1n) is 6.58. The van der Waals surface area contributed by atoms with Gasteiger partial charge >= 0.3 is 0 Å². The Balaban J connectivity index is 2.42. The number of halogens is 1. The van der Waals surface area contributed by atoms with Gasteiger partial charge in [0, 0.05) is 19.6 Å². The molecule has 0 spiro atoms. The van der Waals surface area contributed by atoms with E-state index in [1.807, 2.05) is 0 Å².